The molecule has 1 aromatic rings. The van der Waals surface area contributed by atoms with E-state index >= 15 is 0 Å². The van der Waals surface area contributed by atoms with Crippen LogP contribution >= 0.6 is 15.9 Å². The standard InChI is InChI=1S/C16H18BrN3O/c17-12-6-5-11(9-18)14(8-12)20-16(21)15-7-10-3-1-2-4-13(10)19-15/h5-6,8,10,13,15,19H,1-4,7H2,(H,20,21). The summed E-state index contributed by atoms with van der Waals surface area (Å²) in [6.07, 6.45) is 5.84. The zero-order valence-corrected chi connectivity index (χ0v) is 13.3. The maximum Gasteiger partial charge on any atom is 0.241 e. The van der Waals surface area contributed by atoms with Gasteiger partial charge < -0.3 is 10.6 Å². The molecule has 1 heterocycles. The molecular formula is C16H18BrN3O. The average molecular weight is 348 g/mol. The number of hydrogen-bond acceptors (Lipinski definition) is 3. The molecule has 1 aliphatic heterocycles. The first-order valence-electron chi connectivity index (χ1n) is 7.44. The number of nitrogens with zero attached hydrogens (tertiary/aromatic N) is 1. The van der Waals surface area contributed by atoms with Gasteiger partial charge in [0.05, 0.1) is 17.3 Å². The van der Waals surface area contributed by atoms with Gasteiger partial charge in [0.1, 0.15) is 6.07 Å². The number of halogens is 1. The van der Waals surface area contributed by atoms with E-state index in [9.17, 15) is 4.79 Å². The minimum absolute atomic E-state index is 0.0287. The van der Waals surface area contributed by atoms with E-state index in [4.69, 9.17) is 5.26 Å². The largest absolute Gasteiger partial charge is 0.323 e. The molecule has 2 N–H and O–H groups in total. The molecule has 1 saturated heterocycles. The van der Waals surface area contributed by atoms with Crippen molar-refractivity contribution < 1.29 is 4.79 Å². The molecule has 3 atom stereocenters. The van der Waals surface area contributed by atoms with Crippen LogP contribution in [0.2, 0.25) is 0 Å². The Morgan fingerprint density at radius 2 is 2.19 bits per heavy atom. The summed E-state index contributed by atoms with van der Waals surface area (Å²) in [5.41, 5.74) is 1.07. The molecule has 110 valence electrons. The highest BCUT2D eigenvalue weighted by molar-refractivity contribution is 9.10. The lowest BCUT2D eigenvalue weighted by atomic mass is 9.85. The molecule has 4 nitrogen and oxygen atoms in total. The van der Waals surface area contributed by atoms with Gasteiger partial charge in [-0.05, 0) is 43.4 Å². The van der Waals surface area contributed by atoms with Gasteiger partial charge in [0, 0.05) is 10.5 Å². The van der Waals surface area contributed by atoms with E-state index < -0.39 is 0 Å². The second-order valence-electron chi connectivity index (χ2n) is 5.90. The lowest BCUT2D eigenvalue weighted by Gasteiger charge is -2.24. The van der Waals surface area contributed by atoms with E-state index in [1.54, 1.807) is 18.2 Å². The maximum atomic E-state index is 12.4. The number of nitriles is 1. The van der Waals surface area contributed by atoms with Crippen LogP contribution in [-0.2, 0) is 4.79 Å². The molecule has 0 bridgehead atoms. The summed E-state index contributed by atoms with van der Waals surface area (Å²) in [6.45, 7) is 0. The fraction of sp³-hybridized carbons (Fsp3) is 0.500. The molecule has 1 saturated carbocycles. The predicted molar refractivity (Wildman–Crippen MR) is 84.8 cm³/mol. The predicted octanol–water partition coefficient (Wildman–Crippen LogP) is 3.18. The van der Waals surface area contributed by atoms with Crippen molar-refractivity contribution in [3.05, 3.63) is 28.2 Å². The SMILES string of the molecule is N#Cc1ccc(Br)cc1NC(=O)C1CC2CCCCC2N1. The number of amides is 1. The number of carbonyl (C=O) groups excluding carboxylic acids is 1. The van der Waals surface area contributed by atoms with Crippen LogP contribution in [0.5, 0.6) is 0 Å². The Balaban J connectivity index is 1.70. The van der Waals surface area contributed by atoms with Crippen LogP contribution in [0.1, 0.15) is 37.7 Å². The van der Waals surface area contributed by atoms with Gasteiger partial charge in [-0.15, -0.1) is 0 Å². The normalized spacial score (nSPS) is 27.7. The quantitative estimate of drug-likeness (QED) is 0.863. The molecule has 0 radical (unpaired) electrons. The van der Waals surface area contributed by atoms with Gasteiger partial charge >= 0.3 is 0 Å². The zero-order valence-electron chi connectivity index (χ0n) is 11.7. The van der Waals surface area contributed by atoms with Crippen molar-refractivity contribution in [2.75, 3.05) is 5.32 Å². The Labute approximate surface area is 133 Å². The molecule has 2 aliphatic rings. The van der Waals surface area contributed by atoms with E-state index in [2.05, 4.69) is 32.6 Å². The molecule has 0 aromatic heterocycles. The van der Waals surface area contributed by atoms with Crippen LogP contribution in [0.15, 0.2) is 22.7 Å². The second kappa shape index (κ2) is 6.17. The van der Waals surface area contributed by atoms with E-state index in [0.29, 0.717) is 23.2 Å². The zero-order chi connectivity index (χ0) is 14.8. The van der Waals surface area contributed by atoms with Gasteiger partial charge in [0.15, 0.2) is 0 Å². The first-order chi connectivity index (χ1) is 10.2. The molecule has 1 amide bonds. The second-order valence-corrected chi connectivity index (χ2v) is 6.81. The van der Waals surface area contributed by atoms with Gasteiger partial charge in [0.2, 0.25) is 5.91 Å². The fourth-order valence-electron chi connectivity index (χ4n) is 3.46. The van der Waals surface area contributed by atoms with Crippen LogP contribution < -0.4 is 10.6 Å². The van der Waals surface area contributed by atoms with Gasteiger partial charge in [-0.1, -0.05) is 28.8 Å². The van der Waals surface area contributed by atoms with Crippen molar-refractivity contribution in [2.24, 2.45) is 5.92 Å². The van der Waals surface area contributed by atoms with Crippen molar-refractivity contribution >= 4 is 27.5 Å². The average Bonchev–Trinajstić information content (AvgIpc) is 2.91. The summed E-state index contributed by atoms with van der Waals surface area (Å²) >= 11 is 3.37. The van der Waals surface area contributed by atoms with Gasteiger partial charge in [0.25, 0.3) is 0 Å². The molecule has 3 rings (SSSR count). The minimum atomic E-state index is -0.136. The summed E-state index contributed by atoms with van der Waals surface area (Å²) in [7, 11) is 0. The van der Waals surface area contributed by atoms with Crippen LogP contribution in [-0.4, -0.2) is 18.0 Å². The molecule has 1 aliphatic carbocycles. The monoisotopic (exact) mass is 347 g/mol. The number of fused-ring (bicyclic) bond motifs is 1. The van der Waals surface area contributed by atoms with Gasteiger partial charge in [-0.25, -0.2) is 0 Å². The number of anilines is 1. The third kappa shape index (κ3) is 3.12. The van der Waals surface area contributed by atoms with Crippen LogP contribution in [0, 0.1) is 17.2 Å². The Morgan fingerprint density at radius 1 is 1.38 bits per heavy atom. The highest BCUT2D eigenvalue weighted by atomic mass is 79.9. The summed E-state index contributed by atoms with van der Waals surface area (Å²) in [5.74, 6) is 0.603. The van der Waals surface area contributed by atoms with E-state index in [1.165, 1.54) is 25.7 Å². The number of rotatable bonds is 2. The highest BCUT2D eigenvalue weighted by Gasteiger charge is 2.38. The Bertz CT molecular complexity index is 582. The first kappa shape index (κ1) is 14.6. The number of nitrogens with one attached hydrogen (secondary N) is 2. The van der Waals surface area contributed by atoms with Crippen LogP contribution in [0.25, 0.3) is 0 Å². The summed E-state index contributed by atoms with van der Waals surface area (Å²) in [5, 5.41) is 15.5. The smallest absolute Gasteiger partial charge is 0.241 e. The first-order valence-corrected chi connectivity index (χ1v) is 8.23. The Kier molecular flexibility index (Phi) is 4.27. The van der Waals surface area contributed by atoms with Gasteiger partial charge in [-0.3, -0.25) is 4.79 Å². The number of carbonyl (C=O) groups is 1. The Hall–Kier alpha value is -1.38. The summed E-state index contributed by atoms with van der Waals surface area (Å²) in [6, 6.07) is 7.76. The van der Waals surface area contributed by atoms with Crippen molar-refractivity contribution in [3.8, 4) is 6.07 Å². The molecular weight excluding hydrogens is 330 g/mol. The molecule has 1 aromatic carbocycles. The Morgan fingerprint density at radius 3 is 2.95 bits per heavy atom. The fourth-order valence-corrected chi connectivity index (χ4v) is 3.82. The minimum Gasteiger partial charge on any atom is -0.323 e. The summed E-state index contributed by atoms with van der Waals surface area (Å²) < 4.78 is 0.852. The van der Waals surface area contributed by atoms with Crippen molar-refractivity contribution in [1.82, 2.24) is 5.32 Å². The van der Waals surface area contributed by atoms with E-state index in [1.807, 2.05) is 0 Å². The van der Waals surface area contributed by atoms with Crippen LogP contribution in [0.4, 0.5) is 5.69 Å². The summed E-state index contributed by atoms with van der Waals surface area (Å²) in [4.78, 5) is 12.4. The lowest BCUT2D eigenvalue weighted by molar-refractivity contribution is -0.117. The lowest BCUT2D eigenvalue weighted by Crippen LogP contribution is -2.40. The molecule has 3 unspecified atom stereocenters. The molecule has 0 spiro atoms. The van der Waals surface area contributed by atoms with Crippen LogP contribution in [0.3, 0.4) is 0 Å². The van der Waals surface area contributed by atoms with Crippen molar-refractivity contribution in [3.63, 3.8) is 0 Å². The highest BCUT2D eigenvalue weighted by Crippen LogP contribution is 2.33. The van der Waals surface area contributed by atoms with Crippen molar-refractivity contribution in [1.29, 1.82) is 5.26 Å². The molecule has 21 heavy (non-hydrogen) atoms. The number of hydrogen-bond donors (Lipinski definition) is 2. The third-order valence-electron chi connectivity index (χ3n) is 4.54. The molecule has 2 fully saturated rings. The van der Waals surface area contributed by atoms with Crippen molar-refractivity contribution in [2.45, 2.75) is 44.2 Å². The molecule has 5 heteroatoms. The van der Waals surface area contributed by atoms with E-state index in [0.717, 1.165) is 10.9 Å². The topological polar surface area (TPSA) is 64.9 Å². The van der Waals surface area contributed by atoms with E-state index in [-0.39, 0.29) is 11.9 Å². The van der Waals surface area contributed by atoms with Gasteiger partial charge in [-0.2, -0.15) is 5.26 Å². The number of benzene rings is 1. The maximum absolute atomic E-state index is 12.4. The third-order valence-corrected chi connectivity index (χ3v) is 5.03.